The van der Waals surface area contributed by atoms with E-state index in [9.17, 15) is 9.59 Å². The molecule has 43 heavy (non-hydrogen) atoms. The zero-order chi connectivity index (χ0) is 29.9. The number of piperidine rings is 1. The summed E-state index contributed by atoms with van der Waals surface area (Å²) in [5, 5.41) is 3.17. The lowest BCUT2D eigenvalue weighted by molar-refractivity contribution is -0.162. The first-order chi connectivity index (χ1) is 21.1. The second-order valence-corrected chi connectivity index (χ2v) is 12.1. The number of aromatic nitrogens is 2. The molecule has 2 atom stereocenters. The largest absolute Gasteiger partial charge is 0.376 e. The van der Waals surface area contributed by atoms with E-state index in [1.54, 1.807) is 12.5 Å². The number of hydrogen-bond donors (Lipinski definition) is 2. The molecule has 8 heteroatoms. The van der Waals surface area contributed by atoms with Gasteiger partial charge in [-0.25, -0.2) is 4.98 Å². The maximum absolute atomic E-state index is 14.2. The lowest BCUT2D eigenvalue weighted by Gasteiger charge is -2.52. The zero-order valence-corrected chi connectivity index (χ0v) is 25.5. The highest BCUT2D eigenvalue weighted by Crippen LogP contribution is 2.36. The van der Waals surface area contributed by atoms with Gasteiger partial charge in [-0.2, -0.15) is 0 Å². The second kappa shape index (κ2) is 15.3. The molecule has 3 aromatic rings. The Bertz CT molecular complexity index is 1260. The van der Waals surface area contributed by atoms with Crippen LogP contribution in [-0.2, 0) is 27.4 Å². The van der Waals surface area contributed by atoms with Gasteiger partial charge in [-0.05, 0) is 56.2 Å². The van der Waals surface area contributed by atoms with E-state index in [-0.39, 0.29) is 17.7 Å². The van der Waals surface area contributed by atoms with Crippen LogP contribution in [0.5, 0.6) is 0 Å². The van der Waals surface area contributed by atoms with Gasteiger partial charge >= 0.3 is 0 Å². The van der Waals surface area contributed by atoms with Crippen molar-refractivity contribution in [1.29, 1.82) is 0 Å². The Hall–Kier alpha value is -3.49. The van der Waals surface area contributed by atoms with Crippen molar-refractivity contribution in [2.24, 2.45) is 0 Å². The number of benzene rings is 2. The molecule has 230 valence electrons. The third-order valence-corrected chi connectivity index (χ3v) is 9.15. The molecule has 2 aromatic carbocycles. The van der Waals surface area contributed by atoms with Crippen LogP contribution >= 0.6 is 0 Å². The molecule has 0 bridgehead atoms. The van der Waals surface area contributed by atoms with Crippen LogP contribution < -0.4 is 5.32 Å². The quantitative estimate of drug-likeness (QED) is 0.243. The van der Waals surface area contributed by atoms with Gasteiger partial charge in [-0.15, -0.1) is 0 Å². The van der Waals surface area contributed by atoms with Crippen molar-refractivity contribution in [3.05, 3.63) is 90.0 Å². The molecule has 2 aliphatic rings. The van der Waals surface area contributed by atoms with Crippen LogP contribution in [0.15, 0.2) is 73.2 Å². The monoisotopic (exact) mass is 585 g/mol. The molecule has 1 spiro atoms. The number of hydrogen-bond acceptors (Lipinski definition) is 5. The van der Waals surface area contributed by atoms with Gasteiger partial charge < -0.3 is 24.8 Å². The van der Waals surface area contributed by atoms with Gasteiger partial charge in [0.05, 0.1) is 25.5 Å². The number of aryl methyl sites for hydroxylation is 1. The average Bonchev–Trinajstić information content (AvgIpc) is 3.58. The molecule has 3 heterocycles. The Morgan fingerprint density at radius 1 is 0.930 bits per heavy atom. The molecule has 2 N–H and O–H groups in total. The van der Waals surface area contributed by atoms with Crippen molar-refractivity contribution in [2.75, 3.05) is 32.8 Å². The number of rotatable bonds is 15. The first-order valence-electron chi connectivity index (χ1n) is 16.1. The van der Waals surface area contributed by atoms with Crippen LogP contribution in [0.1, 0.15) is 74.6 Å². The number of amides is 2. The number of piperazine rings is 1. The number of aromatic amines is 1. The van der Waals surface area contributed by atoms with Crippen molar-refractivity contribution in [3.8, 4) is 0 Å². The number of nitrogens with one attached hydrogen (secondary N) is 2. The van der Waals surface area contributed by atoms with Crippen LogP contribution in [0.3, 0.4) is 0 Å². The molecule has 0 saturated carbocycles. The molecule has 5 rings (SSSR count). The normalized spacial score (nSPS) is 19.5. The molecule has 8 nitrogen and oxygen atoms in total. The lowest BCUT2D eigenvalue weighted by Crippen LogP contribution is -2.73. The standard InChI is InChI=1S/C35H47N5O3/c1-2-20-40-33(41)32(30(31-24-36-27-37-31)26-43-25-29-16-10-6-11-17-29)38-34(42)35(40)18-22-39(23-19-35)21-12-4-3-7-13-28-14-8-5-9-15-28/h5-6,8-11,14-17,24,27,30,32H,2-4,7,12-13,18-23,25-26H2,1H3,(H,36,37)(H,38,42)/t30?,32-/m0/s1. The number of carbonyl (C=O) groups excluding carboxylic acids is 2. The SMILES string of the molecule is CCCN1C(=O)[C@H](C(COCc2ccccc2)c2cnc[nH]2)NC(=O)C12CCN(CCCCCCc1ccccc1)CC2. The predicted molar refractivity (Wildman–Crippen MR) is 168 cm³/mol. The van der Waals surface area contributed by atoms with Crippen molar-refractivity contribution in [1.82, 2.24) is 25.1 Å². The number of H-pyrrole nitrogens is 1. The Labute approximate surface area is 256 Å². The number of imidazole rings is 1. The summed E-state index contributed by atoms with van der Waals surface area (Å²) in [6, 6.07) is 20.0. The number of nitrogens with zero attached hydrogens (tertiary/aromatic N) is 3. The highest BCUT2D eigenvalue weighted by Gasteiger charge is 2.54. The summed E-state index contributed by atoms with van der Waals surface area (Å²) < 4.78 is 6.10. The van der Waals surface area contributed by atoms with Gasteiger partial charge in [0.15, 0.2) is 0 Å². The Morgan fingerprint density at radius 2 is 1.63 bits per heavy atom. The first kappa shape index (κ1) is 31.0. The summed E-state index contributed by atoms with van der Waals surface area (Å²) in [5.74, 6) is -0.406. The van der Waals surface area contributed by atoms with E-state index in [1.807, 2.05) is 35.2 Å². The lowest BCUT2D eigenvalue weighted by atomic mass is 9.79. The molecule has 2 amide bonds. The van der Waals surface area contributed by atoms with E-state index in [0.717, 1.165) is 43.7 Å². The molecule has 1 unspecified atom stereocenters. The third kappa shape index (κ3) is 7.73. The molecule has 2 saturated heterocycles. The molecular formula is C35H47N5O3. The summed E-state index contributed by atoms with van der Waals surface area (Å²) in [5.41, 5.74) is 2.49. The summed E-state index contributed by atoms with van der Waals surface area (Å²) in [6.07, 6.45) is 11.5. The second-order valence-electron chi connectivity index (χ2n) is 12.1. The Morgan fingerprint density at radius 3 is 2.30 bits per heavy atom. The van der Waals surface area contributed by atoms with Crippen LogP contribution in [-0.4, -0.2) is 75.9 Å². The van der Waals surface area contributed by atoms with Gasteiger partial charge in [0.2, 0.25) is 11.8 Å². The van der Waals surface area contributed by atoms with Gasteiger partial charge in [0, 0.05) is 31.5 Å². The average molecular weight is 586 g/mol. The van der Waals surface area contributed by atoms with E-state index >= 15 is 0 Å². The molecule has 0 aliphatic carbocycles. The Kier molecular flexibility index (Phi) is 11.0. The van der Waals surface area contributed by atoms with E-state index < -0.39 is 11.6 Å². The van der Waals surface area contributed by atoms with Crippen LogP contribution in [0.4, 0.5) is 0 Å². The van der Waals surface area contributed by atoms with Crippen LogP contribution in [0, 0.1) is 0 Å². The molecule has 2 fully saturated rings. The zero-order valence-electron chi connectivity index (χ0n) is 25.5. The highest BCUT2D eigenvalue weighted by molar-refractivity contribution is 6.00. The van der Waals surface area contributed by atoms with Gasteiger partial charge in [-0.3, -0.25) is 9.59 Å². The van der Waals surface area contributed by atoms with Crippen molar-refractivity contribution in [3.63, 3.8) is 0 Å². The molecule has 0 radical (unpaired) electrons. The minimum absolute atomic E-state index is 0.0174. The number of unbranched alkanes of at least 4 members (excludes halogenated alkanes) is 3. The van der Waals surface area contributed by atoms with E-state index in [2.05, 4.69) is 57.4 Å². The van der Waals surface area contributed by atoms with Crippen molar-refractivity contribution < 1.29 is 14.3 Å². The van der Waals surface area contributed by atoms with Crippen molar-refractivity contribution in [2.45, 2.75) is 82.4 Å². The number of likely N-dealkylation sites (tertiary alicyclic amines) is 1. The van der Waals surface area contributed by atoms with Gasteiger partial charge in [0.1, 0.15) is 11.6 Å². The third-order valence-electron chi connectivity index (χ3n) is 9.15. The van der Waals surface area contributed by atoms with Gasteiger partial charge in [-0.1, -0.05) is 80.4 Å². The summed E-state index contributed by atoms with van der Waals surface area (Å²) >= 11 is 0. The topological polar surface area (TPSA) is 90.6 Å². The molecule has 1 aromatic heterocycles. The maximum atomic E-state index is 14.2. The smallest absolute Gasteiger partial charge is 0.246 e. The number of ether oxygens (including phenoxy) is 1. The van der Waals surface area contributed by atoms with Crippen molar-refractivity contribution >= 4 is 11.8 Å². The van der Waals surface area contributed by atoms with Crippen LogP contribution in [0.25, 0.3) is 0 Å². The summed E-state index contributed by atoms with van der Waals surface area (Å²) in [6.45, 7) is 6.09. The Balaban J connectivity index is 1.16. The van der Waals surface area contributed by atoms with E-state index in [1.165, 1.54) is 31.2 Å². The fourth-order valence-electron chi connectivity index (χ4n) is 6.68. The predicted octanol–water partition coefficient (Wildman–Crippen LogP) is 5.08. The van der Waals surface area contributed by atoms with Crippen LogP contribution in [0.2, 0.25) is 0 Å². The highest BCUT2D eigenvalue weighted by atomic mass is 16.5. The van der Waals surface area contributed by atoms with E-state index in [0.29, 0.717) is 32.6 Å². The minimum atomic E-state index is -0.779. The minimum Gasteiger partial charge on any atom is -0.376 e. The van der Waals surface area contributed by atoms with E-state index in [4.69, 9.17) is 4.74 Å². The summed E-state index contributed by atoms with van der Waals surface area (Å²) in [4.78, 5) is 39.8. The van der Waals surface area contributed by atoms with Gasteiger partial charge in [0.25, 0.3) is 0 Å². The maximum Gasteiger partial charge on any atom is 0.246 e. The molecule has 2 aliphatic heterocycles. The first-order valence-corrected chi connectivity index (χ1v) is 16.1. The fourth-order valence-corrected chi connectivity index (χ4v) is 6.68. The molecular weight excluding hydrogens is 538 g/mol. The fraction of sp³-hybridized carbons (Fsp3) is 0.514. The number of carbonyl (C=O) groups is 2. The summed E-state index contributed by atoms with van der Waals surface area (Å²) in [7, 11) is 0.